The third kappa shape index (κ3) is 3.14. The van der Waals surface area contributed by atoms with Gasteiger partial charge in [-0.1, -0.05) is 12.2 Å². The molecule has 0 fully saturated rings. The fourth-order valence-electron chi connectivity index (χ4n) is 1.54. The van der Waals surface area contributed by atoms with Gasteiger partial charge in [0.15, 0.2) is 12.4 Å². The summed E-state index contributed by atoms with van der Waals surface area (Å²) in [6.07, 6.45) is 7.82. The molecule has 0 radical (unpaired) electrons. The molecule has 3 heteroatoms. The molecule has 0 unspecified atom stereocenters. The SMILES string of the molecule is Cc1cc(/C=C/c2cc[n+](C)cc2)cc(=O)o1. The van der Waals surface area contributed by atoms with E-state index in [1.807, 2.05) is 54.4 Å². The Morgan fingerprint density at radius 1 is 1.12 bits per heavy atom. The second-order valence-corrected chi connectivity index (χ2v) is 3.95. The summed E-state index contributed by atoms with van der Waals surface area (Å²) in [5.41, 5.74) is 1.63. The summed E-state index contributed by atoms with van der Waals surface area (Å²) in [5.74, 6) is 0.622. The van der Waals surface area contributed by atoms with Crippen LogP contribution in [-0.2, 0) is 7.05 Å². The molecule has 3 nitrogen and oxygen atoms in total. The van der Waals surface area contributed by atoms with Gasteiger partial charge in [-0.15, -0.1) is 0 Å². The summed E-state index contributed by atoms with van der Waals surface area (Å²) in [7, 11) is 1.97. The Bertz CT molecular complexity index is 594. The molecule has 0 spiro atoms. The first-order valence-electron chi connectivity index (χ1n) is 5.39. The van der Waals surface area contributed by atoms with Crippen molar-refractivity contribution in [3.8, 4) is 0 Å². The predicted octanol–water partition coefficient (Wildman–Crippen LogP) is 1.94. The maximum Gasteiger partial charge on any atom is 0.336 e. The number of hydrogen-bond acceptors (Lipinski definition) is 2. The Labute approximate surface area is 99.7 Å². The van der Waals surface area contributed by atoms with E-state index in [9.17, 15) is 4.79 Å². The summed E-state index contributed by atoms with van der Waals surface area (Å²) >= 11 is 0. The Morgan fingerprint density at radius 3 is 2.41 bits per heavy atom. The van der Waals surface area contributed by atoms with E-state index < -0.39 is 0 Å². The van der Waals surface area contributed by atoms with Crippen molar-refractivity contribution in [3.63, 3.8) is 0 Å². The van der Waals surface area contributed by atoms with E-state index in [4.69, 9.17) is 4.42 Å². The van der Waals surface area contributed by atoms with Crippen molar-refractivity contribution < 1.29 is 8.98 Å². The van der Waals surface area contributed by atoms with Crippen molar-refractivity contribution >= 4 is 12.2 Å². The first kappa shape index (κ1) is 11.3. The molecule has 0 saturated carbocycles. The van der Waals surface area contributed by atoms with E-state index in [2.05, 4.69) is 0 Å². The first-order valence-corrected chi connectivity index (χ1v) is 5.39. The van der Waals surface area contributed by atoms with Gasteiger partial charge in [-0.2, -0.15) is 0 Å². The Kier molecular flexibility index (Phi) is 3.19. The van der Waals surface area contributed by atoms with Crippen molar-refractivity contribution in [2.45, 2.75) is 6.92 Å². The second-order valence-electron chi connectivity index (χ2n) is 3.95. The highest BCUT2D eigenvalue weighted by Crippen LogP contribution is 2.06. The van der Waals surface area contributed by atoms with Crippen LogP contribution in [0.3, 0.4) is 0 Å². The molecule has 0 aliphatic carbocycles. The zero-order valence-corrected chi connectivity index (χ0v) is 9.88. The van der Waals surface area contributed by atoms with Gasteiger partial charge in [-0.3, -0.25) is 0 Å². The summed E-state index contributed by atoms with van der Waals surface area (Å²) in [4.78, 5) is 11.2. The molecule has 86 valence electrons. The van der Waals surface area contributed by atoms with E-state index >= 15 is 0 Å². The highest BCUT2D eigenvalue weighted by Gasteiger charge is 1.95. The lowest BCUT2D eigenvalue weighted by Gasteiger charge is -1.94. The number of rotatable bonds is 2. The van der Waals surface area contributed by atoms with Crippen LogP contribution in [0.5, 0.6) is 0 Å². The largest absolute Gasteiger partial charge is 0.428 e. The van der Waals surface area contributed by atoms with Gasteiger partial charge in [0.1, 0.15) is 12.8 Å². The van der Waals surface area contributed by atoms with Crippen LogP contribution in [0.1, 0.15) is 16.9 Å². The summed E-state index contributed by atoms with van der Waals surface area (Å²) < 4.78 is 6.86. The second kappa shape index (κ2) is 4.78. The average Bonchev–Trinajstić information content (AvgIpc) is 2.27. The topological polar surface area (TPSA) is 34.1 Å². The molecule has 0 saturated heterocycles. The van der Waals surface area contributed by atoms with E-state index in [-0.39, 0.29) is 5.63 Å². The summed E-state index contributed by atoms with van der Waals surface area (Å²) in [6.45, 7) is 1.77. The Morgan fingerprint density at radius 2 is 1.76 bits per heavy atom. The lowest BCUT2D eigenvalue weighted by Crippen LogP contribution is -2.25. The van der Waals surface area contributed by atoms with Crippen LogP contribution in [0.15, 0.2) is 45.9 Å². The van der Waals surface area contributed by atoms with Gasteiger partial charge in [-0.25, -0.2) is 9.36 Å². The maximum atomic E-state index is 11.2. The minimum absolute atomic E-state index is 0.316. The molecule has 2 aromatic heterocycles. The molecule has 0 aromatic carbocycles. The fourth-order valence-corrected chi connectivity index (χ4v) is 1.54. The first-order chi connectivity index (χ1) is 8.13. The molecule has 0 aliphatic heterocycles. The van der Waals surface area contributed by atoms with Crippen LogP contribution in [0.25, 0.3) is 12.2 Å². The molecule has 0 amide bonds. The van der Waals surface area contributed by atoms with Crippen LogP contribution in [-0.4, -0.2) is 0 Å². The molecular weight excluding hydrogens is 214 g/mol. The number of pyridine rings is 1. The van der Waals surface area contributed by atoms with Gasteiger partial charge < -0.3 is 4.42 Å². The molecule has 0 aliphatic rings. The predicted molar refractivity (Wildman–Crippen MR) is 66.3 cm³/mol. The molecule has 2 aromatic rings. The number of aromatic nitrogens is 1. The molecule has 2 rings (SSSR count). The van der Waals surface area contributed by atoms with Crippen LogP contribution in [0.4, 0.5) is 0 Å². The standard InChI is InChI=1S/C14H14NO2/c1-11-9-13(10-14(16)17-11)4-3-12-5-7-15(2)8-6-12/h3-10H,1-2H3/q+1/b4-3+. The number of aryl methyl sites for hydroxylation is 2. The average molecular weight is 228 g/mol. The highest BCUT2D eigenvalue weighted by molar-refractivity contribution is 5.68. The molecule has 0 bridgehead atoms. The summed E-state index contributed by atoms with van der Waals surface area (Å²) in [5, 5.41) is 0. The Balaban J connectivity index is 2.25. The van der Waals surface area contributed by atoms with Gasteiger partial charge in [0.2, 0.25) is 0 Å². The van der Waals surface area contributed by atoms with Crippen molar-refractivity contribution in [3.05, 3.63) is 64.0 Å². The molecule has 0 atom stereocenters. The van der Waals surface area contributed by atoms with Gasteiger partial charge in [0.25, 0.3) is 0 Å². The lowest BCUT2D eigenvalue weighted by atomic mass is 10.2. The minimum atomic E-state index is -0.316. The van der Waals surface area contributed by atoms with Gasteiger partial charge in [0.05, 0.1) is 0 Å². The summed E-state index contributed by atoms with van der Waals surface area (Å²) in [6, 6.07) is 7.33. The van der Waals surface area contributed by atoms with Crippen LogP contribution in [0, 0.1) is 6.92 Å². The van der Waals surface area contributed by atoms with E-state index in [0.29, 0.717) is 5.76 Å². The van der Waals surface area contributed by atoms with Crippen LogP contribution in [0.2, 0.25) is 0 Å². The van der Waals surface area contributed by atoms with E-state index in [1.165, 1.54) is 6.07 Å². The molecule has 0 N–H and O–H groups in total. The van der Waals surface area contributed by atoms with Crippen molar-refractivity contribution in [2.24, 2.45) is 7.05 Å². The quantitative estimate of drug-likeness (QED) is 0.736. The zero-order valence-electron chi connectivity index (χ0n) is 9.88. The van der Waals surface area contributed by atoms with Gasteiger partial charge >= 0.3 is 5.63 Å². The zero-order chi connectivity index (χ0) is 12.3. The third-order valence-electron chi connectivity index (χ3n) is 2.39. The molecular formula is C14H14NO2+. The van der Waals surface area contributed by atoms with E-state index in [1.54, 1.807) is 6.92 Å². The normalized spacial score (nSPS) is 10.9. The van der Waals surface area contributed by atoms with Gasteiger partial charge in [0, 0.05) is 18.2 Å². The molecule has 17 heavy (non-hydrogen) atoms. The van der Waals surface area contributed by atoms with Crippen molar-refractivity contribution in [2.75, 3.05) is 0 Å². The highest BCUT2D eigenvalue weighted by atomic mass is 16.4. The lowest BCUT2D eigenvalue weighted by molar-refractivity contribution is -0.671. The minimum Gasteiger partial charge on any atom is -0.428 e. The number of nitrogens with zero attached hydrogens (tertiary/aromatic N) is 1. The number of hydrogen-bond donors (Lipinski definition) is 0. The maximum absolute atomic E-state index is 11.2. The molecule has 2 heterocycles. The van der Waals surface area contributed by atoms with Gasteiger partial charge in [-0.05, 0) is 24.1 Å². The van der Waals surface area contributed by atoms with E-state index in [0.717, 1.165) is 11.1 Å². The third-order valence-corrected chi connectivity index (χ3v) is 2.39. The van der Waals surface area contributed by atoms with Crippen LogP contribution < -0.4 is 10.2 Å². The van der Waals surface area contributed by atoms with Crippen LogP contribution >= 0.6 is 0 Å². The van der Waals surface area contributed by atoms with Crippen molar-refractivity contribution in [1.29, 1.82) is 0 Å². The van der Waals surface area contributed by atoms with Crippen molar-refractivity contribution in [1.82, 2.24) is 0 Å². The smallest absolute Gasteiger partial charge is 0.336 e. The Hall–Kier alpha value is -2.16. The monoisotopic (exact) mass is 228 g/mol. The fraction of sp³-hybridized carbons (Fsp3) is 0.143.